The Morgan fingerprint density at radius 2 is 1.97 bits per heavy atom. The van der Waals surface area contributed by atoms with E-state index < -0.39 is 11.2 Å². The van der Waals surface area contributed by atoms with Crippen molar-refractivity contribution in [1.82, 2.24) is 23.7 Å². The molecule has 0 bridgehead atoms. The number of anilines is 1. The number of aromatic nitrogens is 5. The summed E-state index contributed by atoms with van der Waals surface area (Å²) in [5.41, 5.74) is 0.0983. The average molecular weight is 414 g/mol. The summed E-state index contributed by atoms with van der Waals surface area (Å²) in [7, 11) is 2.90. The van der Waals surface area contributed by atoms with Crippen molar-refractivity contribution in [3.63, 3.8) is 0 Å². The first-order valence-corrected chi connectivity index (χ1v) is 9.35. The van der Waals surface area contributed by atoms with Gasteiger partial charge in [-0.25, -0.2) is 14.8 Å². The second-order valence-electron chi connectivity index (χ2n) is 6.49. The Kier molecular flexibility index (Phi) is 3.71. The van der Waals surface area contributed by atoms with Gasteiger partial charge in [0.25, 0.3) is 5.56 Å². The Bertz CT molecular complexity index is 1390. The molecule has 5 rings (SSSR count). The highest BCUT2D eigenvalue weighted by molar-refractivity contribution is 7.22. The SMILES string of the molecule is Cn1c(=O)c2c(ncn2CC(=O)Nc2nc3cc4c(cc3s2)OCO4)n(C)c1=O. The fourth-order valence-electron chi connectivity index (χ4n) is 3.20. The highest BCUT2D eigenvalue weighted by Gasteiger charge is 2.19. The van der Waals surface area contributed by atoms with Gasteiger partial charge in [0.2, 0.25) is 12.7 Å². The van der Waals surface area contributed by atoms with Crippen LogP contribution in [0, 0.1) is 0 Å². The number of hydrogen-bond donors (Lipinski definition) is 1. The van der Waals surface area contributed by atoms with E-state index in [9.17, 15) is 14.4 Å². The van der Waals surface area contributed by atoms with Crippen LogP contribution in [-0.2, 0) is 25.4 Å². The molecule has 4 aromatic rings. The lowest BCUT2D eigenvalue weighted by Gasteiger charge is -2.06. The Balaban J connectivity index is 1.43. The van der Waals surface area contributed by atoms with Gasteiger partial charge in [-0.1, -0.05) is 11.3 Å². The summed E-state index contributed by atoms with van der Waals surface area (Å²) >= 11 is 1.30. The summed E-state index contributed by atoms with van der Waals surface area (Å²) in [5.74, 6) is 0.886. The number of nitrogens with one attached hydrogen (secondary N) is 1. The zero-order chi connectivity index (χ0) is 20.3. The third-order valence-corrected chi connectivity index (χ3v) is 5.59. The number of ether oxygens (including phenoxy) is 2. The van der Waals surface area contributed by atoms with Crippen LogP contribution in [0.5, 0.6) is 11.5 Å². The van der Waals surface area contributed by atoms with Crippen molar-refractivity contribution in [3.8, 4) is 11.5 Å². The zero-order valence-corrected chi connectivity index (χ0v) is 16.1. The summed E-state index contributed by atoms with van der Waals surface area (Å²) < 4.78 is 15.2. The van der Waals surface area contributed by atoms with E-state index in [1.54, 1.807) is 6.07 Å². The number of benzene rings is 1. The molecule has 1 aliphatic rings. The van der Waals surface area contributed by atoms with Gasteiger partial charge in [-0.05, 0) is 0 Å². The number of nitrogens with zero attached hydrogens (tertiary/aromatic N) is 5. The van der Waals surface area contributed by atoms with Crippen molar-refractivity contribution < 1.29 is 14.3 Å². The van der Waals surface area contributed by atoms with E-state index in [-0.39, 0.29) is 30.4 Å². The van der Waals surface area contributed by atoms with Gasteiger partial charge in [0.05, 0.1) is 16.5 Å². The summed E-state index contributed by atoms with van der Waals surface area (Å²) in [6, 6.07) is 3.58. The third kappa shape index (κ3) is 2.68. The van der Waals surface area contributed by atoms with E-state index in [1.807, 2.05) is 6.07 Å². The smallest absolute Gasteiger partial charge is 0.332 e. The number of imidazole rings is 1. The number of carbonyl (C=O) groups is 1. The average Bonchev–Trinajstić information content (AvgIpc) is 3.40. The van der Waals surface area contributed by atoms with Gasteiger partial charge in [-0.2, -0.15) is 0 Å². The zero-order valence-electron chi connectivity index (χ0n) is 15.3. The maximum absolute atomic E-state index is 12.5. The molecule has 0 saturated heterocycles. The van der Waals surface area contributed by atoms with Crippen molar-refractivity contribution in [2.75, 3.05) is 12.1 Å². The molecule has 0 radical (unpaired) electrons. The first-order chi connectivity index (χ1) is 13.9. The van der Waals surface area contributed by atoms with E-state index in [2.05, 4.69) is 15.3 Å². The topological polar surface area (TPSA) is 122 Å². The van der Waals surface area contributed by atoms with Gasteiger partial charge >= 0.3 is 5.69 Å². The van der Waals surface area contributed by atoms with Gasteiger partial charge in [0, 0.05) is 26.2 Å². The monoisotopic (exact) mass is 414 g/mol. The molecule has 0 atom stereocenters. The molecule has 0 spiro atoms. The summed E-state index contributed by atoms with van der Waals surface area (Å²) in [6.45, 7) is 0.0305. The number of carbonyl (C=O) groups excluding carboxylic acids is 1. The van der Waals surface area contributed by atoms with E-state index in [0.717, 1.165) is 9.27 Å². The molecular weight excluding hydrogens is 400 g/mol. The van der Waals surface area contributed by atoms with E-state index in [4.69, 9.17) is 9.47 Å². The molecule has 11 nitrogen and oxygen atoms in total. The summed E-state index contributed by atoms with van der Waals surface area (Å²) in [5, 5.41) is 3.15. The number of thiazole rings is 1. The van der Waals surface area contributed by atoms with Crippen molar-refractivity contribution in [2.45, 2.75) is 6.54 Å². The van der Waals surface area contributed by atoms with Crippen molar-refractivity contribution in [1.29, 1.82) is 0 Å². The van der Waals surface area contributed by atoms with Crippen molar-refractivity contribution in [3.05, 3.63) is 39.3 Å². The molecule has 1 aromatic carbocycles. The Labute approximate surface area is 165 Å². The second-order valence-corrected chi connectivity index (χ2v) is 7.52. The van der Waals surface area contributed by atoms with E-state index >= 15 is 0 Å². The van der Waals surface area contributed by atoms with Crippen LogP contribution < -0.4 is 26.0 Å². The highest BCUT2D eigenvalue weighted by atomic mass is 32.1. The Morgan fingerprint density at radius 1 is 1.21 bits per heavy atom. The largest absolute Gasteiger partial charge is 0.454 e. The number of rotatable bonds is 3. The fourth-order valence-corrected chi connectivity index (χ4v) is 4.09. The summed E-state index contributed by atoms with van der Waals surface area (Å²) in [4.78, 5) is 45.5. The van der Waals surface area contributed by atoms with Crippen LogP contribution in [0.2, 0.25) is 0 Å². The van der Waals surface area contributed by atoms with E-state index in [1.165, 1.54) is 40.9 Å². The number of hydrogen-bond acceptors (Lipinski definition) is 8. The predicted molar refractivity (Wildman–Crippen MR) is 105 cm³/mol. The molecule has 12 heteroatoms. The lowest BCUT2D eigenvalue weighted by molar-refractivity contribution is -0.116. The van der Waals surface area contributed by atoms with Crippen LogP contribution in [0.15, 0.2) is 28.0 Å². The van der Waals surface area contributed by atoms with Gasteiger partial charge in [-0.15, -0.1) is 0 Å². The Hall–Kier alpha value is -3.67. The minimum atomic E-state index is -0.511. The number of fused-ring (bicyclic) bond motifs is 3. The first-order valence-electron chi connectivity index (χ1n) is 8.53. The fraction of sp³-hybridized carbons (Fsp3) is 0.235. The Morgan fingerprint density at radius 3 is 2.76 bits per heavy atom. The maximum atomic E-state index is 12.5. The minimum Gasteiger partial charge on any atom is -0.454 e. The predicted octanol–water partition coefficient (Wildman–Crippen LogP) is 0.411. The lowest BCUT2D eigenvalue weighted by Crippen LogP contribution is -2.37. The van der Waals surface area contributed by atoms with Gasteiger partial charge in [0.1, 0.15) is 6.54 Å². The molecule has 1 aliphatic heterocycles. The minimum absolute atomic E-state index is 0.150. The van der Waals surface area contributed by atoms with Crippen LogP contribution in [0.4, 0.5) is 5.13 Å². The normalized spacial score (nSPS) is 12.8. The molecule has 0 unspecified atom stereocenters. The molecule has 3 aromatic heterocycles. The molecule has 4 heterocycles. The first kappa shape index (κ1) is 17.4. The lowest BCUT2D eigenvalue weighted by atomic mass is 10.3. The van der Waals surface area contributed by atoms with Crippen molar-refractivity contribution in [2.24, 2.45) is 14.1 Å². The summed E-state index contributed by atoms with van der Waals surface area (Å²) in [6.07, 6.45) is 1.36. The standard InChI is InChI=1S/C17H14N6O5S/c1-21-14-13(15(25)22(2)17(21)26)23(6-18-14)5-12(24)20-16-19-8-3-9-10(28-7-27-9)4-11(8)29-16/h3-4,6H,5,7H2,1-2H3,(H,19,20,24). The molecule has 148 valence electrons. The second kappa shape index (κ2) is 6.17. The molecule has 1 N–H and O–H groups in total. The van der Waals surface area contributed by atoms with Crippen molar-refractivity contribution >= 4 is 43.8 Å². The molecular formula is C17H14N6O5S. The number of aryl methyl sites for hydroxylation is 1. The third-order valence-electron chi connectivity index (χ3n) is 4.66. The van der Waals surface area contributed by atoms with Crippen LogP contribution in [0.3, 0.4) is 0 Å². The van der Waals surface area contributed by atoms with Crippen LogP contribution in [0.1, 0.15) is 0 Å². The van der Waals surface area contributed by atoms with Crippen LogP contribution in [-0.4, -0.2) is 36.4 Å². The highest BCUT2D eigenvalue weighted by Crippen LogP contribution is 2.38. The van der Waals surface area contributed by atoms with Gasteiger partial charge < -0.3 is 19.4 Å². The molecule has 1 amide bonds. The molecule has 0 aliphatic carbocycles. The molecule has 0 fully saturated rings. The maximum Gasteiger partial charge on any atom is 0.332 e. The van der Waals surface area contributed by atoms with Gasteiger partial charge in [-0.3, -0.25) is 18.7 Å². The van der Waals surface area contributed by atoms with Gasteiger partial charge in [0.15, 0.2) is 27.8 Å². The molecule has 0 saturated carbocycles. The van der Waals surface area contributed by atoms with E-state index in [0.29, 0.717) is 22.1 Å². The quantitative estimate of drug-likeness (QED) is 0.515. The molecule has 29 heavy (non-hydrogen) atoms. The number of amides is 1. The van der Waals surface area contributed by atoms with Crippen LogP contribution >= 0.6 is 11.3 Å². The van der Waals surface area contributed by atoms with Crippen LogP contribution in [0.25, 0.3) is 21.4 Å².